The molecule has 0 unspecified atom stereocenters. The molecule has 4 rings (SSSR count). The van der Waals surface area contributed by atoms with Gasteiger partial charge in [0.25, 0.3) is 5.91 Å². The monoisotopic (exact) mass is 423 g/mol. The average Bonchev–Trinajstić information content (AvgIpc) is 2.80. The van der Waals surface area contributed by atoms with Crippen molar-refractivity contribution < 1.29 is 9.53 Å². The first-order valence-corrected chi connectivity index (χ1v) is 10.1. The molecule has 0 N–H and O–H groups in total. The summed E-state index contributed by atoms with van der Waals surface area (Å²) in [4.78, 5) is 20.7. The second kappa shape index (κ2) is 9.09. The van der Waals surface area contributed by atoms with E-state index in [1.807, 2.05) is 48.2 Å². The number of carbonyl (C=O) groups excluding carboxylic acids is 1. The molecule has 1 aromatic carbocycles. The molecule has 0 atom stereocenters. The summed E-state index contributed by atoms with van der Waals surface area (Å²) in [5.41, 5.74) is 2.45. The van der Waals surface area contributed by atoms with Gasteiger partial charge in [-0.1, -0.05) is 17.7 Å². The molecule has 2 aromatic heterocycles. The van der Waals surface area contributed by atoms with Crippen LogP contribution in [0.2, 0.25) is 5.02 Å². The van der Waals surface area contributed by atoms with E-state index < -0.39 is 0 Å². The van der Waals surface area contributed by atoms with Crippen LogP contribution in [0.1, 0.15) is 5.56 Å². The second-order valence-electron chi connectivity index (χ2n) is 7.06. The summed E-state index contributed by atoms with van der Waals surface area (Å²) in [6, 6.07) is 14.9. The summed E-state index contributed by atoms with van der Waals surface area (Å²) in [5, 5.41) is 9.31. The molecule has 0 spiro atoms. The zero-order valence-electron chi connectivity index (χ0n) is 16.7. The molecule has 0 radical (unpaired) electrons. The van der Waals surface area contributed by atoms with Crippen LogP contribution in [0.5, 0.6) is 5.75 Å². The molecule has 154 valence electrons. The summed E-state index contributed by atoms with van der Waals surface area (Å²) < 4.78 is 5.63. The molecule has 1 aliphatic rings. The van der Waals surface area contributed by atoms with E-state index in [4.69, 9.17) is 16.3 Å². The van der Waals surface area contributed by atoms with Crippen LogP contribution in [0.25, 0.3) is 11.4 Å². The normalized spacial score (nSPS) is 13.9. The standard InChI is InChI=1S/C22H22ClN5O2/c1-16-14-17(5-6-18(16)23)30-15-22(29)28-12-10-27(11-13-28)21-8-7-20(25-26-21)19-4-2-3-9-24-19/h2-9,14H,10-13,15H2,1H3. The number of anilines is 1. The number of aromatic nitrogens is 3. The second-order valence-corrected chi connectivity index (χ2v) is 7.47. The minimum absolute atomic E-state index is 0.0135. The zero-order chi connectivity index (χ0) is 20.9. The number of carbonyl (C=O) groups is 1. The quantitative estimate of drug-likeness (QED) is 0.627. The Hall–Kier alpha value is -3.19. The van der Waals surface area contributed by atoms with Gasteiger partial charge in [-0.3, -0.25) is 9.78 Å². The van der Waals surface area contributed by atoms with Crippen molar-refractivity contribution in [2.75, 3.05) is 37.7 Å². The van der Waals surface area contributed by atoms with Crippen molar-refractivity contribution in [3.05, 3.63) is 65.3 Å². The van der Waals surface area contributed by atoms with Crippen molar-refractivity contribution in [2.45, 2.75) is 6.92 Å². The van der Waals surface area contributed by atoms with Crippen LogP contribution in [0.15, 0.2) is 54.7 Å². The van der Waals surface area contributed by atoms with Crippen LogP contribution in [0, 0.1) is 6.92 Å². The fourth-order valence-corrected chi connectivity index (χ4v) is 3.39. The number of pyridine rings is 1. The van der Waals surface area contributed by atoms with Gasteiger partial charge in [-0.2, -0.15) is 0 Å². The van der Waals surface area contributed by atoms with E-state index in [1.165, 1.54) is 0 Å². The predicted molar refractivity (Wildman–Crippen MR) is 116 cm³/mol. The summed E-state index contributed by atoms with van der Waals surface area (Å²) in [6.07, 6.45) is 1.74. The Labute approximate surface area is 180 Å². The number of halogens is 1. The molecule has 7 nitrogen and oxygen atoms in total. The van der Waals surface area contributed by atoms with E-state index in [0.717, 1.165) is 22.8 Å². The number of amides is 1. The van der Waals surface area contributed by atoms with Crippen molar-refractivity contribution in [1.82, 2.24) is 20.1 Å². The smallest absolute Gasteiger partial charge is 0.260 e. The number of aryl methyl sites for hydroxylation is 1. The van der Waals surface area contributed by atoms with Crippen molar-refractivity contribution in [1.29, 1.82) is 0 Å². The maximum atomic E-state index is 12.5. The molecular formula is C22H22ClN5O2. The number of rotatable bonds is 5. The third kappa shape index (κ3) is 4.68. The maximum Gasteiger partial charge on any atom is 0.260 e. The summed E-state index contributed by atoms with van der Waals surface area (Å²) in [5.74, 6) is 1.42. The van der Waals surface area contributed by atoms with Crippen LogP contribution in [-0.4, -0.2) is 58.8 Å². The lowest BCUT2D eigenvalue weighted by atomic mass is 10.2. The van der Waals surface area contributed by atoms with Crippen molar-refractivity contribution in [2.24, 2.45) is 0 Å². The largest absolute Gasteiger partial charge is 0.484 e. The molecule has 3 heterocycles. The molecule has 0 saturated carbocycles. The van der Waals surface area contributed by atoms with Gasteiger partial charge in [0.1, 0.15) is 11.4 Å². The number of ether oxygens (including phenoxy) is 1. The van der Waals surface area contributed by atoms with E-state index in [-0.39, 0.29) is 12.5 Å². The molecule has 0 aliphatic carbocycles. The van der Waals surface area contributed by atoms with Gasteiger partial charge in [-0.25, -0.2) is 0 Å². The summed E-state index contributed by atoms with van der Waals surface area (Å²) >= 11 is 6.02. The zero-order valence-corrected chi connectivity index (χ0v) is 17.4. The number of piperazine rings is 1. The molecule has 1 aliphatic heterocycles. The lowest BCUT2D eigenvalue weighted by Gasteiger charge is -2.35. The highest BCUT2D eigenvalue weighted by molar-refractivity contribution is 6.31. The number of hydrogen-bond acceptors (Lipinski definition) is 6. The fourth-order valence-electron chi connectivity index (χ4n) is 3.27. The first-order valence-electron chi connectivity index (χ1n) is 9.77. The van der Waals surface area contributed by atoms with Crippen LogP contribution < -0.4 is 9.64 Å². The summed E-state index contributed by atoms with van der Waals surface area (Å²) in [6.45, 7) is 4.55. The Morgan fingerprint density at radius 2 is 1.87 bits per heavy atom. The highest BCUT2D eigenvalue weighted by Crippen LogP contribution is 2.21. The number of hydrogen-bond donors (Lipinski definition) is 0. The van der Waals surface area contributed by atoms with Crippen LogP contribution >= 0.6 is 11.6 Å². The fraction of sp³-hybridized carbons (Fsp3) is 0.273. The highest BCUT2D eigenvalue weighted by atomic mass is 35.5. The molecule has 1 fully saturated rings. The van der Waals surface area contributed by atoms with E-state index >= 15 is 0 Å². The van der Waals surface area contributed by atoms with E-state index in [0.29, 0.717) is 37.0 Å². The number of benzene rings is 1. The SMILES string of the molecule is Cc1cc(OCC(=O)N2CCN(c3ccc(-c4ccccn4)nn3)CC2)ccc1Cl. The van der Waals surface area contributed by atoms with Crippen LogP contribution in [0.4, 0.5) is 5.82 Å². The lowest BCUT2D eigenvalue weighted by molar-refractivity contribution is -0.133. The lowest BCUT2D eigenvalue weighted by Crippen LogP contribution is -2.50. The van der Waals surface area contributed by atoms with Gasteiger partial charge in [-0.15, -0.1) is 10.2 Å². The maximum absolute atomic E-state index is 12.5. The third-order valence-electron chi connectivity index (χ3n) is 5.03. The molecule has 0 bridgehead atoms. The molecule has 8 heteroatoms. The Morgan fingerprint density at radius 1 is 1.03 bits per heavy atom. The van der Waals surface area contributed by atoms with Crippen molar-refractivity contribution in [3.63, 3.8) is 0 Å². The molecular weight excluding hydrogens is 402 g/mol. The minimum atomic E-state index is -0.0289. The Morgan fingerprint density at radius 3 is 2.53 bits per heavy atom. The first kappa shape index (κ1) is 20.1. The Bertz CT molecular complexity index is 1010. The Balaban J connectivity index is 1.29. The van der Waals surface area contributed by atoms with Crippen molar-refractivity contribution >= 4 is 23.3 Å². The van der Waals surface area contributed by atoms with Gasteiger partial charge < -0.3 is 14.5 Å². The summed E-state index contributed by atoms with van der Waals surface area (Å²) in [7, 11) is 0. The average molecular weight is 424 g/mol. The van der Waals surface area contributed by atoms with E-state index in [1.54, 1.807) is 18.3 Å². The van der Waals surface area contributed by atoms with E-state index in [2.05, 4.69) is 20.1 Å². The Kier molecular flexibility index (Phi) is 6.09. The molecule has 1 amide bonds. The van der Waals surface area contributed by atoms with E-state index in [9.17, 15) is 4.79 Å². The minimum Gasteiger partial charge on any atom is -0.484 e. The van der Waals surface area contributed by atoms with Gasteiger partial charge in [0.05, 0.1) is 5.69 Å². The highest BCUT2D eigenvalue weighted by Gasteiger charge is 2.22. The van der Waals surface area contributed by atoms with Gasteiger partial charge in [-0.05, 0) is 55.0 Å². The van der Waals surface area contributed by atoms with Gasteiger partial charge in [0.2, 0.25) is 0 Å². The molecule has 30 heavy (non-hydrogen) atoms. The first-order chi connectivity index (χ1) is 14.6. The van der Waals surface area contributed by atoms with Gasteiger partial charge >= 0.3 is 0 Å². The number of nitrogens with zero attached hydrogens (tertiary/aromatic N) is 5. The topological polar surface area (TPSA) is 71.5 Å². The van der Waals surface area contributed by atoms with Gasteiger partial charge in [0.15, 0.2) is 12.4 Å². The van der Waals surface area contributed by atoms with Gasteiger partial charge in [0, 0.05) is 37.4 Å². The predicted octanol–water partition coefficient (Wildman–Crippen LogP) is 3.23. The molecule has 3 aromatic rings. The van der Waals surface area contributed by atoms with Crippen molar-refractivity contribution in [3.8, 4) is 17.1 Å². The molecule has 1 saturated heterocycles. The third-order valence-corrected chi connectivity index (χ3v) is 5.45. The van der Waals surface area contributed by atoms with Crippen LogP contribution in [-0.2, 0) is 4.79 Å². The van der Waals surface area contributed by atoms with Crippen LogP contribution in [0.3, 0.4) is 0 Å².